The van der Waals surface area contributed by atoms with Gasteiger partial charge in [0.1, 0.15) is 15.8 Å². The number of pyridine rings is 1. The summed E-state index contributed by atoms with van der Waals surface area (Å²) in [6, 6.07) is 6.23. The van der Waals surface area contributed by atoms with E-state index in [4.69, 9.17) is 16.3 Å². The molecule has 0 fully saturated rings. The maximum absolute atomic E-state index is 14.7. The number of amides is 1. The largest absolute Gasteiger partial charge is 0.490 e. The highest BCUT2D eigenvalue weighted by Crippen LogP contribution is 2.37. The number of ether oxygens (including phenoxy) is 1. The zero-order valence-electron chi connectivity index (χ0n) is 19.4. The molecule has 0 aliphatic heterocycles. The highest BCUT2D eigenvalue weighted by atomic mass is 35.5. The number of aliphatic hydroxyl groups is 1. The Morgan fingerprint density at radius 3 is 2.65 bits per heavy atom. The van der Waals surface area contributed by atoms with Crippen LogP contribution in [-0.2, 0) is 4.79 Å². The van der Waals surface area contributed by atoms with Crippen molar-refractivity contribution in [1.29, 1.82) is 0 Å². The molecule has 3 rings (SSSR count). The van der Waals surface area contributed by atoms with Gasteiger partial charge in [-0.2, -0.15) is 0 Å². The van der Waals surface area contributed by atoms with Gasteiger partial charge in [0.2, 0.25) is 5.91 Å². The maximum atomic E-state index is 14.7. The van der Waals surface area contributed by atoms with E-state index in [0.29, 0.717) is 22.0 Å². The van der Waals surface area contributed by atoms with Crippen molar-refractivity contribution in [2.24, 2.45) is 0 Å². The predicted molar refractivity (Wildman–Crippen MR) is 132 cm³/mol. The second kappa shape index (κ2) is 11.5. The zero-order chi connectivity index (χ0) is 24.8. The minimum atomic E-state index is -0.598. The minimum absolute atomic E-state index is 0.0211. The number of hydrogen-bond acceptors (Lipinski definition) is 8. The van der Waals surface area contributed by atoms with Crippen LogP contribution in [0, 0.1) is 12.7 Å². The number of carbonyl (C=O) groups excluding carboxylic acids is 1. The lowest BCUT2D eigenvalue weighted by Crippen LogP contribution is -2.37. The lowest BCUT2D eigenvalue weighted by Gasteiger charge is -2.16. The molecule has 1 amide bonds. The van der Waals surface area contributed by atoms with Crippen molar-refractivity contribution in [2.75, 3.05) is 18.5 Å². The smallest absolute Gasteiger partial charge is 0.217 e. The molecule has 0 bridgehead atoms. The van der Waals surface area contributed by atoms with Crippen molar-refractivity contribution in [3.63, 3.8) is 0 Å². The normalized spacial score (nSPS) is 12.0. The summed E-state index contributed by atoms with van der Waals surface area (Å²) in [5.41, 5.74) is 2.10. The molecule has 3 aromatic rings. The number of aromatic nitrogens is 3. The van der Waals surface area contributed by atoms with Crippen LogP contribution >= 0.6 is 22.9 Å². The van der Waals surface area contributed by atoms with Crippen LogP contribution in [-0.4, -0.2) is 51.5 Å². The molecule has 1 aromatic carbocycles. The molecule has 0 spiro atoms. The summed E-state index contributed by atoms with van der Waals surface area (Å²) in [6.45, 7) is 7.18. The number of carbonyl (C=O) groups is 1. The zero-order valence-corrected chi connectivity index (χ0v) is 20.9. The number of nitrogens with zero attached hydrogens (tertiary/aromatic N) is 3. The van der Waals surface area contributed by atoms with Crippen molar-refractivity contribution in [2.45, 2.75) is 46.2 Å². The average molecular weight is 508 g/mol. The van der Waals surface area contributed by atoms with E-state index >= 15 is 0 Å². The molecule has 0 saturated carbocycles. The molecular formula is C23H27ClFN5O3S. The van der Waals surface area contributed by atoms with Crippen molar-refractivity contribution < 1.29 is 19.0 Å². The first-order chi connectivity index (χ1) is 16.2. The molecule has 182 valence electrons. The molecule has 1 atom stereocenters. The summed E-state index contributed by atoms with van der Waals surface area (Å²) < 4.78 is 20.2. The Hall–Kier alpha value is -2.82. The third-order valence-electron chi connectivity index (χ3n) is 4.67. The van der Waals surface area contributed by atoms with Crippen LogP contribution < -0.4 is 15.4 Å². The van der Waals surface area contributed by atoms with Gasteiger partial charge < -0.3 is 20.5 Å². The first-order valence-corrected chi connectivity index (χ1v) is 11.9. The molecule has 0 aliphatic rings. The maximum Gasteiger partial charge on any atom is 0.217 e. The molecule has 2 aromatic heterocycles. The van der Waals surface area contributed by atoms with Gasteiger partial charge >= 0.3 is 0 Å². The van der Waals surface area contributed by atoms with Crippen molar-refractivity contribution in [3.8, 4) is 26.9 Å². The first kappa shape index (κ1) is 25.8. The third kappa shape index (κ3) is 6.85. The Morgan fingerprint density at radius 2 is 1.97 bits per heavy atom. The van der Waals surface area contributed by atoms with Gasteiger partial charge in [-0.3, -0.25) is 4.79 Å². The highest BCUT2D eigenvalue weighted by Gasteiger charge is 2.17. The molecule has 11 heteroatoms. The SMILES string of the molecule is CC(=O)N[C@H](CO)CCOc1cc(Cl)c(-c2nnc(-c3cc(C)nc(NC(C)C)c3)s2)cc1F. The van der Waals surface area contributed by atoms with E-state index in [-0.39, 0.29) is 35.9 Å². The Morgan fingerprint density at radius 1 is 1.24 bits per heavy atom. The third-order valence-corrected chi connectivity index (χ3v) is 5.98. The number of aliphatic hydroxyl groups excluding tert-OH is 1. The van der Waals surface area contributed by atoms with Crippen LogP contribution in [0.1, 0.15) is 32.9 Å². The van der Waals surface area contributed by atoms with Crippen molar-refractivity contribution in [1.82, 2.24) is 20.5 Å². The van der Waals surface area contributed by atoms with Crippen molar-refractivity contribution >= 4 is 34.7 Å². The Balaban J connectivity index is 1.76. The number of hydrogen-bond donors (Lipinski definition) is 3. The Labute approximate surface area is 206 Å². The number of rotatable bonds is 10. The summed E-state index contributed by atoms with van der Waals surface area (Å²) in [6.07, 6.45) is 0.313. The van der Waals surface area contributed by atoms with Gasteiger partial charge in [-0.25, -0.2) is 9.37 Å². The van der Waals surface area contributed by atoms with E-state index < -0.39 is 11.9 Å². The second-order valence-electron chi connectivity index (χ2n) is 8.07. The molecule has 0 unspecified atom stereocenters. The minimum Gasteiger partial charge on any atom is -0.490 e. The van der Waals surface area contributed by atoms with Crippen LogP contribution in [0.2, 0.25) is 5.02 Å². The van der Waals surface area contributed by atoms with Gasteiger partial charge in [0.15, 0.2) is 11.6 Å². The summed E-state index contributed by atoms with van der Waals surface area (Å²) in [7, 11) is 0. The van der Waals surface area contributed by atoms with Crippen LogP contribution in [0.5, 0.6) is 5.75 Å². The molecule has 2 heterocycles. The fourth-order valence-electron chi connectivity index (χ4n) is 3.22. The molecular weight excluding hydrogens is 481 g/mol. The Kier molecular flexibility index (Phi) is 8.76. The van der Waals surface area contributed by atoms with Gasteiger partial charge in [-0.05, 0) is 39.0 Å². The van der Waals surface area contributed by atoms with E-state index in [2.05, 4.69) is 25.8 Å². The molecule has 8 nitrogen and oxygen atoms in total. The number of halogens is 2. The lowest BCUT2D eigenvalue weighted by molar-refractivity contribution is -0.120. The quantitative estimate of drug-likeness (QED) is 0.372. The van der Waals surface area contributed by atoms with Crippen LogP contribution in [0.3, 0.4) is 0 Å². The van der Waals surface area contributed by atoms with E-state index in [1.807, 2.05) is 32.9 Å². The van der Waals surface area contributed by atoms with Gasteiger partial charge in [-0.15, -0.1) is 10.2 Å². The monoisotopic (exact) mass is 507 g/mol. The van der Waals surface area contributed by atoms with Gasteiger partial charge in [0, 0.05) is 42.3 Å². The lowest BCUT2D eigenvalue weighted by atomic mass is 10.2. The fourth-order valence-corrected chi connectivity index (χ4v) is 4.38. The first-order valence-electron chi connectivity index (χ1n) is 10.8. The van der Waals surface area contributed by atoms with Gasteiger partial charge in [0.25, 0.3) is 0 Å². The average Bonchev–Trinajstić information content (AvgIpc) is 3.24. The topological polar surface area (TPSA) is 109 Å². The van der Waals surface area contributed by atoms with E-state index in [1.54, 1.807) is 0 Å². The number of nitrogens with one attached hydrogen (secondary N) is 2. The number of benzene rings is 1. The van der Waals surface area contributed by atoms with Crippen molar-refractivity contribution in [3.05, 3.63) is 40.8 Å². The molecule has 34 heavy (non-hydrogen) atoms. The summed E-state index contributed by atoms with van der Waals surface area (Å²) in [4.78, 5) is 15.6. The predicted octanol–water partition coefficient (Wildman–Crippen LogP) is 4.45. The van der Waals surface area contributed by atoms with Crippen LogP contribution in [0.4, 0.5) is 10.2 Å². The summed E-state index contributed by atoms with van der Waals surface area (Å²) in [5.74, 6) is -0.135. The van der Waals surface area contributed by atoms with E-state index in [9.17, 15) is 14.3 Å². The van der Waals surface area contributed by atoms with Gasteiger partial charge in [-0.1, -0.05) is 22.9 Å². The molecule has 3 N–H and O–H groups in total. The molecule has 0 radical (unpaired) electrons. The second-order valence-corrected chi connectivity index (χ2v) is 9.46. The highest BCUT2D eigenvalue weighted by molar-refractivity contribution is 7.18. The van der Waals surface area contributed by atoms with Crippen LogP contribution in [0.25, 0.3) is 21.1 Å². The van der Waals surface area contributed by atoms with E-state index in [1.165, 1.54) is 30.4 Å². The molecule has 0 saturated heterocycles. The summed E-state index contributed by atoms with van der Waals surface area (Å²) >= 11 is 7.71. The molecule has 0 aliphatic carbocycles. The van der Waals surface area contributed by atoms with Crippen LogP contribution in [0.15, 0.2) is 24.3 Å². The number of anilines is 1. The number of aryl methyl sites for hydroxylation is 1. The standard InChI is InChI=1S/C23H27ClFN5O3S/c1-12(2)26-21-8-15(7-13(3)27-21)22-29-30-23(34-22)17-9-19(25)20(10-18(17)24)33-6-5-16(11-31)28-14(4)32/h7-10,12,16,31H,5-6,11H2,1-4H3,(H,26,27)(H,28,32)/t16-/m0/s1. The van der Waals surface area contributed by atoms with Gasteiger partial charge in [0.05, 0.1) is 24.3 Å². The summed E-state index contributed by atoms with van der Waals surface area (Å²) in [5, 5.41) is 25.1. The van der Waals surface area contributed by atoms with E-state index in [0.717, 1.165) is 17.1 Å². The Bertz CT molecular complexity index is 1160. The fraction of sp³-hybridized carbons (Fsp3) is 0.391.